The van der Waals surface area contributed by atoms with Crippen LogP contribution in [-0.4, -0.2) is 25.4 Å². The van der Waals surface area contributed by atoms with Crippen molar-refractivity contribution in [2.75, 3.05) is 6.26 Å². The maximum Gasteiger partial charge on any atom is 0.149 e. The molecule has 0 atom stereocenters. The molecule has 0 saturated heterocycles. The largest absolute Gasteiger partial charge is 0.412 e. The van der Waals surface area contributed by atoms with Crippen LogP contribution in [-0.2, 0) is 9.84 Å². The Morgan fingerprint density at radius 1 is 0.867 bits per heavy atom. The molecule has 0 aromatic carbocycles. The van der Waals surface area contributed by atoms with Crippen molar-refractivity contribution in [2.45, 2.75) is 65.0 Å². The molecule has 1 aliphatic rings. The Balaban J connectivity index is -0.000000159. The van der Waals surface area contributed by atoms with E-state index in [9.17, 15) is 8.42 Å². The fraction of sp³-hybridized carbons (Fsp3) is 1.00. The number of hydrogen-bond acceptors (Lipinski definition) is 2. The van der Waals surface area contributed by atoms with Crippen molar-refractivity contribution in [3.05, 3.63) is 0 Å². The molecule has 0 spiro atoms. The Labute approximate surface area is 95.5 Å². The lowest BCUT2D eigenvalue weighted by molar-refractivity contribution is 0.593. The fourth-order valence-electron chi connectivity index (χ4n) is 0.884. The molecule has 0 amide bonds. The first-order chi connectivity index (χ1) is 6.44. The summed E-state index contributed by atoms with van der Waals surface area (Å²) in [4.78, 5) is 0. The van der Waals surface area contributed by atoms with Crippen molar-refractivity contribution in [2.24, 2.45) is 0 Å². The summed E-state index contributed by atoms with van der Waals surface area (Å²) in [5, 5.41) is -0.229. The van der Waals surface area contributed by atoms with Crippen LogP contribution in [0.1, 0.15) is 59.8 Å². The monoisotopic (exact) mass is 240 g/mol. The Morgan fingerprint density at radius 3 is 1.07 bits per heavy atom. The first kappa shape index (κ1) is 20.3. The molecule has 3 nitrogen and oxygen atoms in total. The molecule has 96 valence electrons. The normalized spacial score (nSPS) is 14.3. The van der Waals surface area contributed by atoms with Crippen molar-refractivity contribution in [1.29, 1.82) is 0 Å². The van der Waals surface area contributed by atoms with Gasteiger partial charge in [-0.15, -0.1) is 0 Å². The van der Waals surface area contributed by atoms with Gasteiger partial charge in [-0.1, -0.05) is 46.0 Å². The first-order valence-corrected chi connectivity index (χ1v) is 7.59. The van der Waals surface area contributed by atoms with Crippen LogP contribution in [0, 0.1) is 0 Å². The zero-order valence-electron chi connectivity index (χ0n) is 10.8. The molecule has 0 aromatic heterocycles. The molecule has 0 bridgehead atoms. The smallest absolute Gasteiger partial charge is 0.149 e. The van der Waals surface area contributed by atoms with Crippen molar-refractivity contribution in [3.8, 4) is 0 Å². The zero-order chi connectivity index (χ0) is 11.6. The van der Waals surface area contributed by atoms with Crippen molar-refractivity contribution < 1.29 is 13.9 Å². The van der Waals surface area contributed by atoms with E-state index in [-0.39, 0.29) is 10.7 Å². The van der Waals surface area contributed by atoms with Crippen molar-refractivity contribution in [3.63, 3.8) is 0 Å². The van der Waals surface area contributed by atoms with Crippen LogP contribution in [0.15, 0.2) is 0 Å². The van der Waals surface area contributed by atoms with Gasteiger partial charge in [0, 0.05) is 6.26 Å². The minimum atomic E-state index is -2.74. The lowest BCUT2D eigenvalue weighted by Gasteiger charge is -1.96. The summed E-state index contributed by atoms with van der Waals surface area (Å²) in [5.41, 5.74) is 0. The Morgan fingerprint density at radius 2 is 1.00 bits per heavy atom. The zero-order valence-corrected chi connectivity index (χ0v) is 11.7. The van der Waals surface area contributed by atoms with Gasteiger partial charge in [0.05, 0.1) is 5.25 Å². The maximum atomic E-state index is 10.3. The highest BCUT2D eigenvalue weighted by Gasteiger charge is 2.05. The molecular weight excluding hydrogens is 212 g/mol. The van der Waals surface area contributed by atoms with Crippen LogP contribution in [0.2, 0.25) is 0 Å². The molecule has 1 rings (SSSR count). The average Bonchev–Trinajstić information content (AvgIpc) is 2.63. The van der Waals surface area contributed by atoms with Crippen LogP contribution in [0.25, 0.3) is 0 Å². The first-order valence-electron chi connectivity index (χ1n) is 5.63. The van der Waals surface area contributed by atoms with Crippen molar-refractivity contribution >= 4 is 9.84 Å². The van der Waals surface area contributed by atoms with Gasteiger partial charge in [-0.25, -0.2) is 8.42 Å². The van der Waals surface area contributed by atoms with E-state index < -0.39 is 9.84 Å². The van der Waals surface area contributed by atoms with Gasteiger partial charge < -0.3 is 5.48 Å². The number of sulfone groups is 1. The molecule has 0 unspecified atom stereocenters. The summed E-state index contributed by atoms with van der Waals surface area (Å²) in [7, 11) is -2.74. The minimum absolute atomic E-state index is 0. The summed E-state index contributed by atoms with van der Waals surface area (Å²) in [6.45, 7) is 7.32. The Kier molecular flexibility index (Phi) is 16.2. The molecule has 1 fully saturated rings. The topological polar surface area (TPSA) is 65.6 Å². The molecule has 2 N–H and O–H groups in total. The quantitative estimate of drug-likeness (QED) is 0.707. The summed E-state index contributed by atoms with van der Waals surface area (Å²) in [6.07, 6.45) is 8.73. The van der Waals surface area contributed by atoms with Crippen LogP contribution < -0.4 is 0 Å². The lowest BCUT2D eigenvalue weighted by atomic mass is 10.4. The Hall–Kier alpha value is -0.0900. The molecule has 1 aliphatic carbocycles. The third kappa shape index (κ3) is 16.6. The average molecular weight is 240 g/mol. The summed E-state index contributed by atoms with van der Waals surface area (Å²) in [5.74, 6) is 0. The second kappa shape index (κ2) is 12.0. The van der Waals surface area contributed by atoms with Gasteiger partial charge in [0.15, 0.2) is 0 Å². The van der Waals surface area contributed by atoms with Crippen LogP contribution in [0.3, 0.4) is 0 Å². The van der Waals surface area contributed by atoms with Gasteiger partial charge >= 0.3 is 0 Å². The number of rotatable bonds is 1. The van der Waals surface area contributed by atoms with E-state index in [1.165, 1.54) is 38.4 Å². The van der Waals surface area contributed by atoms with Gasteiger partial charge in [0.2, 0.25) is 0 Å². The van der Waals surface area contributed by atoms with Crippen LogP contribution in [0.4, 0.5) is 0 Å². The molecular formula is C11H28O3S. The van der Waals surface area contributed by atoms with Gasteiger partial charge in [-0.3, -0.25) is 0 Å². The van der Waals surface area contributed by atoms with E-state index >= 15 is 0 Å². The van der Waals surface area contributed by atoms with E-state index in [0.29, 0.717) is 0 Å². The minimum Gasteiger partial charge on any atom is -0.412 e. The highest BCUT2D eigenvalue weighted by Crippen LogP contribution is 2.15. The summed E-state index contributed by atoms with van der Waals surface area (Å²) >= 11 is 0. The summed E-state index contributed by atoms with van der Waals surface area (Å²) in [6, 6.07) is 0. The molecule has 0 radical (unpaired) electrons. The summed E-state index contributed by atoms with van der Waals surface area (Å²) < 4.78 is 20.7. The van der Waals surface area contributed by atoms with Gasteiger partial charge in [0.25, 0.3) is 0 Å². The van der Waals surface area contributed by atoms with E-state index in [0.717, 1.165) is 0 Å². The lowest BCUT2D eigenvalue weighted by Crippen LogP contribution is -2.10. The van der Waals surface area contributed by atoms with E-state index in [1.807, 2.05) is 13.8 Å². The second-order valence-electron chi connectivity index (χ2n) is 3.65. The van der Waals surface area contributed by atoms with Crippen LogP contribution in [0.5, 0.6) is 0 Å². The highest BCUT2D eigenvalue weighted by atomic mass is 32.2. The maximum absolute atomic E-state index is 10.3. The molecule has 4 heteroatoms. The van der Waals surface area contributed by atoms with Gasteiger partial charge in [-0.05, 0) is 13.8 Å². The van der Waals surface area contributed by atoms with E-state index in [2.05, 4.69) is 0 Å². The molecule has 15 heavy (non-hydrogen) atoms. The highest BCUT2D eigenvalue weighted by molar-refractivity contribution is 7.91. The molecule has 0 aromatic rings. The second-order valence-corrected chi connectivity index (χ2v) is 6.25. The predicted molar refractivity (Wildman–Crippen MR) is 68.0 cm³/mol. The molecule has 0 aliphatic heterocycles. The third-order valence-corrected chi connectivity index (χ3v) is 3.82. The van der Waals surface area contributed by atoms with Gasteiger partial charge in [0.1, 0.15) is 9.84 Å². The molecule has 0 heterocycles. The van der Waals surface area contributed by atoms with Crippen molar-refractivity contribution in [1.82, 2.24) is 0 Å². The van der Waals surface area contributed by atoms with E-state index in [1.54, 1.807) is 13.8 Å². The standard InChI is InChI=1S/C5H10.C4H10O2S.C2H6.H2O/c1-2-4-5-3-1;1-4(2)7(3,5)6;1-2;/h1-5H2;4H,1-3H3;1-2H3;1H2. The van der Waals surface area contributed by atoms with Crippen LogP contribution >= 0.6 is 0 Å². The number of hydrogen-bond donors (Lipinski definition) is 0. The fourth-order valence-corrected chi connectivity index (χ4v) is 0.884. The Bertz CT molecular complexity index is 184. The predicted octanol–water partition coefficient (Wildman–Crippen LogP) is 2.59. The van der Waals surface area contributed by atoms with E-state index in [4.69, 9.17) is 0 Å². The SMILES string of the molecule is C1CCCC1.CC.CC(C)S(C)(=O)=O.O. The molecule has 1 saturated carbocycles. The van der Waals surface area contributed by atoms with Gasteiger partial charge in [-0.2, -0.15) is 0 Å². The third-order valence-electron chi connectivity index (χ3n) is 2.11.